The lowest BCUT2D eigenvalue weighted by molar-refractivity contribution is -0.125. The number of nitrogens with zero attached hydrogens (tertiary/aromatic N) is 1. The summed E-state index contributed by atoms with van der Waals surface area (Å²) in [6.07, 6.45) is 4.42. The second-order valence-electron chi connectivity index (χ2n) is 8.60. The summed E-state index contributed by atoms with van der Waals surface area (Å²) in [5, 5.41) is 3.74. The zero-order valence-electron chi connectivity index (χ0n) is 17.6. The molecule has 1 N–H and O–H groups in total. The zero-order valence-corrected chi connectivity index (χ0v) is 17.6. The number of benzene rings is 1. The van der Waals surface area contributed by atoms with Gasteiger partial charge in [-0.25, -0.2) is 4.39 Å². The Balaban J connectivity index is 1.27. The van der Waals surface area contributed by atoms with E-state index in [0.29, 0.717) is 42.0 Å². The Hall–Kier alpha value is -2.47. The largest absolute Gasteiger partial charge is 0.490 e. The highest BCUT2D eigenvalue weighted by Gasteiger charge is 2.59. The number of aromatic nitrogens is 1. The molecule has 5 nitrogen and oxygen atoms in total. The lowest BCUT2D eigenvalue weighted by Crippen LogP contribution is -2.32. The van der Waals surface area contributed by atoms with Gasteiger partial charge in [-0.15, -0.1) is 0 Å². The van der Waals surface area contributed by atoms with Gasteiger partial charge in [-0.05, 0) is 61.3 Å². The standard InChI is InChI=1S/C24H29FN2O3/c1-14(13-29-3)6-8-27-24(28)15(2)23-18-11-17(12-19(18)23)30-22-7-9-26-21-5-4-16(25)10-20(21)22/h4-5,7,9-10,15,17-19,23H,1,6,8,11-13H2,2-3H3,(H,27,28)/t15?,17-,18-,19+,23+. The molecule has 1 aromatic heterocycles. The van der Waals surface area contributed by atoms with Crippen molar-refractivity contribution in [2.75, 3.05) is 20.3 Å². The van der Waals surface area contributed by atoms with Crippen LogP contribution in [0, 0.1) is 29.5 Å². The second-order valence-corrected chi connectivity index (χ2v) is 8.60. The first kappa shape index (κ1) is 20.8. The molecule has 0 radical (unpaired) electrons. The van der Waals surface area contributed by atoms with E-state index in [-0.39, 0.29) is 23.7 Å². The van der Waals surface area contributed by atoms with Crippen LogP contribution in [0.1, 0.15) is 26.2 Å². The Bertz CT molecular complexity index is 935. The van der Waals surface area contributed by atoms with Crippen molar-refractivity contribution in [3.8, 4) is 5.75 Å². The maximum absolute atomic E-state index is 13.7. The fourth-order valence-electron chi connectivity index (χ4n) is 5.03. The van der Waals surface area contributed by atoms with Gasteiger partial charge in [0, 0.05) is 31.2 Å². The molecule has 2 fully saturated rings. The molecular weight excluding hydrogens is 383 g/mol. The predicted molar refractivity (Wildman–Crippen MR) is 114 cm³/mol. The fraction of sp³-hybridized carbons (Fsp3) is 0.500. The molecule has 1 aromatic carbocycles. The van der Waals surface area contributed by atoms with Gasteiger partial charge in [-0.3, -0.25) is 9.78 Å². The molecule has 2 aliphatic rings. The first-order chi connectivity index (χ1) is 14.5. The van der Waals surface area contributed by atoms with Crippen LogP contribution in [-0.4, -0.2) is 37.3 Å². The van der Waals surface area contributed by atoms with Crippen LogP contribution < -0.4 is 10.1 Å². The summed E-state index contributed by atoms with van der Waals surface area (Å²) in [6.45, 7) is 7.09. The molecule has 0 spiro atoms. The van der Waals surface area contributed by atoms with Crippen LogP contribution in [0.4, 0.5) is 4.39 Å². The molecule has 1 amide bonds. The van der Waals surface area contributed by atoms with Crippen LogP contribution in [0.5, 0.6) is 5.75 Å². The number of amides is 1. The number of nitrogens with one attached hydrogen (secondary N) is 1. The molecule has 5 atom stereocenters. The molecule has 4 rings (SSSR count). The quantitative estimate of drug-likeness (QED) is 0.630. The SMILES string of the molecule is C=C(CCNC(=O)C(C)[C@H]1[C@@H]2C[C@@H](Oc3ccnc4ccc(F)cc34)C[C@@H]21)COC. The average molecular weight is 413 g/mol. The van der Waals surface area contributed by atoms with Crippen LogP contribution in [0.15, 0.2) is 42.6 Å². The first-order valence-corrected chi connectivity index (χ1v) is 10.6. The average Bonchev–Trinajstić information content (AvgIpc) is 3.22. The van der Waals surface area contributed by atoms with Crippen LogP contribution in [-0.2, 0) is 9.53 Å². The summed E-state index contributed by atoms with van der Waals surface area (Å²) in [6, 6.07) is 6.36. The number of pyridine rings is 1. The lowest BCUT2D eigenvalue weighted by atomic mass is 9.97. The van der Waals surface area contributed by atoms with Gasteiger partial charge < -0.3 is 14.8 Å². The van der Waals surface area contributed by atoms with Crippen molar-refractivity contribution in [3.05, 3.63) is 48.4 Å². The van der Waals surface area contributed by atoms with E-state index in [4.69, 9.17) is 9.47 Å². The number of halogens is 1. The van der Waals surface area contributed by atoms with Crippen LogP contribution in [0.3, 0.4) is 0 Å². The number of hydrogen-bond acceptors (Lipinski definition) is 4. The van der Waals surface area contributed by atoms with Crippen molar-refractivity contribution in [3.63, 3.8) is 0 Å². The number of hydrogen-bond donors (Lipinski definition) is 1. The van der Waals surface area contributed by atoms with Gasteiger partial charge in [0.2, 0.25) is 5.91 Å². The predicted octanol–water partition coefficient (Wildman–Crippen LogP) is 4.12. The number of carbonyl (C=O) groups excluding carboxylic acids is 1. The Morgan fingerprint density at radius 2 is 2.10 bits per heavy atom. The highest BCUT2D eigenvalue weighted by atomic mass is 19.1. The minimum absolute atomic E-state index is 0.00694. The van der Waals surface area contributed by atoms with E-state index < -0.39 is 0 Å². The second kappa shape index (κ2) is 8.72. The van der Waals surface area contributed by atoms with E-state index in [1.807, 2.05) is 6.92 Å². The zero-order chi connectivity index (χ0) is 21.3. The fourth-order valence-corrected chi connectivity index (χ4v) is 5.03. The van der Waals surface area contributed by atoms with Crippen molar-refractivity contribution in [2.24, 2.45) is 23.7 Å². The van der Waals surface area contributed by atoms with Gasteiger partial charge in [0.25, 0.3) is 0 Å². The first-order valence-electron chi connectivity index (χ1n) is 10.6. The third kappa shape index (κ3) is 4.33. The molecule has 0 bridgehead atoms. The van der Waals surface area contributed by atoms with E-state index in [0.717, 1.165) is 30.4 Å². The summed E-state index contributed by atoms with van der Waals surface area (Å²) in [5.74, 6) is 2.01. The molecule has 0 aliphatic heterocycles. The third-order valence-corrected chi connectivity index (χ3v) is 6.54. The Kier molecular flexibility index (Phi) is 6.04. The van der Waals surface area contributed by atoms with Crippen LogP contribution in [0.25, 0.3) is 10.9 Å². The maximum Gasteiger partial charge on any atom is 0.223 e. The Labute approximate surface area is 176 Å². The normalized spacial score (nSPS) is 25.6. The highest BCUT2D eigenvalue weighted by Crippen LogP contribution is 2.61. The number of methoxy groups -OCH3 is 1. The molecule has 160 valence electrons. The summed E-state index contributed by atoms with van der Waals surface area (Å²) < 4.78 is 24.9. The van der Waals surface area contributed by atoms with Crippen molar-refractivity contribution >= 4 is 16.8 Å². The molecule has 0 saturated heterocycles. The number of fused-ring (bicyclic) bond motifs is 2. The topological polar surface area (TPSA) is 60.5 Å². The number of carbonyl (C=O) groups is 1. The van der Waals surface area contributed by atoms with Crippen molar-refractivity contribution in [1.29, 1.82) is 0 Å². The lowest BCUT2D eigenvalue weighted by Gasteiger charge is -2.20. The van der Waals surface area contributed by atoms with Gasteiger partial charge in [0.1, 0.15) is 11.6 Å². The summed E-state index contributed by atoms with van der Waals surface area (Å²) in [7, 11) is 1.64. The summed E-state index contributed by atoms with van der Waals surface area (Å²) in [5.41, 5.74) is 1.71. The molecule has 6 heteroatoms. The van der Waals surface area contributed by atoms with Gasteiger partial charge >= 0.3 is 0 Å². The van der Waals surface area contributed by atoms with Gasteiger partial charge in [0.05, 0.1) is 18.2 Å². The molecule has 2 aromatic rings. The molecule has 1 heterocycles. The summed E-state index contributed by atoms with van der Waals surface area (Å²) >= 11 is 0. The molecule has 30 heavy (non-hydrogen) atoms. The maximum atomic E-state index is 13.7. The number of ether oxygens (including phenoxy) is 2. The highest BCUT2D eigenvalue weighted by molar-refractivity contribution is 5.84. The van der Waals surface area contributed by atoms with Gasteiger partial charge in [0.15, 0.2) is 0 Å². The molecule has 2 aliphatic carbocycles. The van der Waals surface area contributed by atoms with Crippen molar-refractivity contribution in [2.45, 2.75) is 32.3 Å². The minimum Gasteiger partial charge on any atom is -0.490 e. The van der Waals surface area contributed by atoms with Crippen molar-refractivity contribution < 1.29 is 18.7 Å². The molecule has 2 saturated carbocycles. The number of rotatable bonds is 9. The molecule has 1 unspecified atom stereocenters. The van der Waals surface area contributed by atoms with Gasteiger partial charge in [-0.1, -0.05) is 19.1 Å². The third-order valence-electron chi connectivity index (χ3n) is 6.54. The van der Waals surface area contributed by atoms with E-state index in [9.17, 15) is 9.18 Å². The summed E-state index contributed by atoms with van der Waals surface area (Å²) in [4.78, 5) is 16.8. The van der Waals surface area contributed by atoms with E-state index in [1.54, 1.807) is 25.4 Å². The molecular formula is C24H29FN2O3. The van der Waals surface area contributed by atoms with Gasteiger partial charge in [-0.2, -0.15) is 0 Å². The van der Waals surface area contributed by atoms with E-state index >= 15 is 0 Å². The smallest absolute Gasteiger partial charge is 0.223 e. The Morgan fingerprint density at radius 1 is 1.33 bits per heavy atom. The minimum atomic E-state index is -0.291. The van der Waals surface area contributed by atoms with Crippen LogP contribution >= 0.6 is 0 Å². The Morgan fingerprint density at radius 3 is 2.83 bits per heavy atom. The van der Waals surface area contributed by atoms with E-state index in [2.05, 4.69) is 16.9 Å². The monoisotopic (exact) mass is 412 g/mol. The van der Waals surface area contributed by atoms with Crippen LogP contribution in [0.2, 0.25) is 0 Å². The van der Waals surface area contributed by atoms with E-state index in [1.165, 1.54) is 12.1 Å². The van der Waals surface area contributed by atoms with Crippen molar-refractivity contribution in [1.82, 2.24) is 10.3 Å².